The van der Waals surface area contributed by atoms with Crippen LogP contribution in [0.5, 0.6) is 11.6 Å². The smallest absolute Gasteiger partial charge is 0.218 e. The van der Waals surface area contributed by atoms with Crippen molar-refractivity contribution in [1.82, 2.24) is 25.5 Å². The zero-order chi connectivity index (χ0) is 18.5. The van der Waals surface area contributed by atoms with E-state index < -0.39 is 0 Å². The van der Waals surface area contributed by atoms with E-state index in [0.717, 1.165) is 42.3 Å². The topological polar surface area (TPSA) is 94.1 Å². The first-order valence-electron chi connectivity index (χ1n) is 8.74. The molecule has 2 aromatic heterocycles. The highest BCUT2D eigenvalue weighted by molar-refractivity contribution is 7.18. The molecule has 1 aromatic carbocycles. The molecule has 0 saturated carbocycles. The van der Waals surface area contributed by atoms with Crippen molar-refractivity contribution in [3.63, 3.8) is 0 Å². The maximum atomic E-state index is 5.95. The zero-order valence-corrected chi connectivity index (χ0v) is 15.7. The van der Waals surface area contributed by atoms with Crippen LogP contribution in [0.4, 0.5) is 10.9 Å². The van der Waals surface area contributed by atoms with E-state index in [1.807, 2.05) is 24.3 Å². The number of aromatic nitrogens is 4. The number of nitrogens with one attached hydrogen (secondary N) is 2. The van der Waals surface area contributed by atoms with Gasteiger partial charge in [0.2, 0.25) is 11.0 Å². The maximum absolute atomic E-state index is 5.95. The lowest BCUT2D eigenvalue weighted by Gasteiger charge is -2.23. The molecule has 3 heterocycles. The summed E-state index contributed by atoms with van der Waals surface area (Å²) in [6, 6.07) is 9.51. The average Bonchev–Trinajstić information content (AvgIpc) is 3.17. The standard InChI is InChI=1S/C18H20N6O2S/c1-25-13-4-2-12(3-5-13)17-23-24-18(27-17)22-15-10-16(21-11-20-15)26-14-6-8-19-9-7-14/h2-5,10-11,14,19H,6-9H2,1H3,(H,20,21,22,24). The number of hydrogen-bond donors (Lipinski definition) is 2. The molecule has 1 aliphatic heterocycles. The van der Waals surface area contributed by atoms with E-state index in [1.165, 1.54) is 17.7 Å². The molecule has 1 saturated heterocycles. The van der Waals surface area contributed by atoms with Crippen molar-refractivity contribution in [2.75, 3.05) is 25.5 Å². The summed E-state index contributed by atoms with van der Waals surface area (Å²) in [6.45, 7) is 1.94. The first-order chi connectivity index (χ1) is 13.3. The first kappa shape index (κ1) is 17.6. The molecule has 0 atom stereocenters. The molecule has 27 heavy (non-hydrogen) atoms. The number of nitrogens with zero attached hydrogens (tertiary/aromatic N) is 4. The molecule has 1 aliphatic rings. The fraction of sp³-hybridized carbons (Fsp3) is 0.333. The number of anilines is 2. The van der Waals surface area contributed by atoms with Crippen molar-refractivity contribution in [3.8, 4) is 22.2 Å². The summed E-state index contributed by atoms with van der Waals surface area (Å²) in [5.74, 6) is 2.01. The van der Waals surface area contributed by atoms with Gasteiger partial charge in [-0.1, -0.05) is 11.3 Å². The summed E-state index contributed by atoms with van der Waals surface area (Å²) >= 11 is 1.45. The minimum Gasteiger partial charge on any atom is -0.497 e. The summed E-state index contributed by atoms with van der Waals surface area (Å²) < 4.78 is 11.1. The van der Waals surface area contributed by atoms with Gasteiger partial charge >= 0.3 is 0 Å². The predicted octanol–water partition coefficient (Wildman–Crippen LogP) is 2.88. The molecule has 0 radical (unpaired) electrons. The third-order valence-electron chi connectivity index (χ3n) is 4.21. The first-order valence-corrected chi connectivity index (χ1v) is 9.56. The van der Waals surface area contributed by atoms with Crippen LogP contribution in [0.2, 0.25) is 0 Å². The fourth-order valence-corrected chi connectivity index (χ4v) is 3.55. The van der Waals surface area contributed by atoms with Crippen LogP contribution in [0.1, 0.15) is 12.8 Å². The molecule has 0 spiro atoms. The van der Waals surface area contributed by atoms with Crippen LogP contribution in [-0.2, 0) is 0 Å². The highest BCUT2D eigenvalue weighted by atomic mass is 32.1. The monoisotopic (exact) mass is 384 g/mol. The van der Waals surface area contributed by atoms with E-state index in [1.54, 1.807) is 13.2 Å². The molecule has 3 aromatic rings. The molecule has 0 bridgehead atoms. The van der Waals surface area contributed by atoms with E-state index >= 15 is 0 Å². The molecule has 0 unspecified atom stereocenters. The summed E-state index contributed by atoms with van der Waals surface area (Å²) in [5.41, 5.74) is 0.985. The van der Waals surface area contributed by atoms with Gasteiger partial charge in [-0.05, 0) is 50.2 Å². The van der Waals surface area contributed by atoms with E-state index in [-0.39, 0.29) is 6.10 Å². The van der Waals surface area contributed by atoms with Gasteiger partial charge in [0.1, 0.15) is 29.0 Å². The van der Waals surface area contributed by atoms with Crippen LogP contribution in [0.25, 0.3) is 10.6 Å². The molecule has 9 heteroatoms. The van der Waals surface area contributed by atoms with Gasteiger partial charge in [-0.15, -0.1) is 10.2 Å². The fourth-order valence-electron chi connectivity index (χ4n) is 2.79. The lowest BCUT2D eigenvalue weighted by molar-refractivity contribution is 0.156. The highest BCUT2D eigenvalue weighted by Crippen LogP contribution is 2.29. The molecule has 0 amide bonds. The van der Waals surface area contributed by atoms with Crippen molar-refractivity contribution < 1.29 is 9.47 Å². The van der Waals surface area contributed by atoms with E-state index in [2.05, 4.69) is 30.8 Å². The number of benzene rings is 1. The van der Waals surface area contributed by atoms with Gasteiger partial charge in [0.05, 0.1) is 7.11 Å². The second kappa shape index (κ2) is 8.28. The van der Waals surface area contributed by atoms with Crippen LogP contribution in [0.15, 0.2) is 36.7 Å². The Morgan fingerprint density at radius 1 is 1.11 bits per heavy atom. The van der Waals surface area contributed by atoms with Gasteiger partial charge < -0.3 is 20.1 Å². The number of rotatable bonds is 6. The van der Waals surface area contributed by atoms with Crippen LogP contribution >= 0.6 is 11.3 Å². The average molecular weight is 384 g/mol. The van der Waals surface area contributed by atoms with Crippen molar-refractivity contribution >= 4 is 22.3 Å². The summed E-state index contributed by atoms with van der Waals surface area (Å²) in [6.07, 6.45) is 3.64. The highest BCUT2D eigenvalue weighted by Gasteiger charge is 2.15. The number of piperidine rings is 1. The van der Waals surface area contributed by atoms with Gasteiger partial charge in [-0.2, -0.15) is 0 Å². The normalized spacial score (nSPS) is 14.7. The third-order valence-corrected chi connectivity index (χ3v) is 5.10. The summed E-state index contributed by atoms with van der Waals surface area (Å²) in [5, 5.41) is 16.4. The zero-order valence-electron chi connectivity index (χ0n) is 14.9. The second-order valence-corrected chi connectivity index (χ2v) is 7.05. The van der Waals surface area contributed by atoms with Crippen molar-refractivity contribution in [2.45, 2.75) is 18.9 Å². The molecule has 4 rings (SSSR count). The summed E-state index contributed by atoms with van der Waals surface area (Å²) in [7, 11) is 1.65. The molecular weight excluding hydrogens is 364 g/mol. The SMILES string of the molecule is COc1ccc(-c2nnc(Nc3cc(OC4CCNCC4)ncn3)s2)cc1. The van der Waals surface area contributed by atoms with Crippen LogP contribution < -0.4 is 20.1 Å². The number of methoxy groups -OCH3 is 1. The van der Waals surface area contributed by atoms with Gasteiger partial charge in [-0.3, -0.25) is 0 Å². The quantitative estimate of drug-likeness (QED) is 0.670. The Morgan fingerprint density at radius 3 is 2.70 bits per heavy atom. The molecule has 2 N–H and O–H groups in total. The van der Waals surface area contributed by atoms with E-state index in [9.17, 15) is 0 Å². The van der Waals surface area contributed by atoms with Gasteiger partial charge in [0.25, 0.3) is 0 Å². The molecule has 1 fully saturated rings. The predicted molar refractivity (Wildman–Crippen MR) is 104 cm³/mol. The molecular formula is C18H20N6O2S. The Bertz CT molecular complexity index is 880. The van der Waals surface area contributed by atoms with E-state index in [0.29, 0.717) is 16.8 Å². The summed E-state index contributed by atoms with van der Waals surface area (Å²) in [4.78, 5) is 8.45. The lowest BCUT2D eigenvalue weighted by atomic mass is 10.1. The third kappa shape index (κ3) is 4.50. The van der Waals surface area contributed by atoms with E-state index in [4.69, 9.17) is 9.47 Å². The Labute approximate surface area is 161 Å². The van der Waals surface area contributed by atoms with Gasteiger partial charge in [-0.25, -0.2) is 9.97 Å². The van der Waals surface area contributed by atoms with Crippen molar-refractivity contribution in [2.24, 2.45) is 0 Å². The Morgan fingerprint density at radius 2 is 1.93 bits per heavy atom. The minimum atomic E-state index is 0.192. The molecule has 0 aliphatic carbocycles. The van der Waals surface area contributed by atoms with Crippen molar-refractivity contribution in [1.29, 1.82) is 0 Å². The number of ether oxygens (including phenoxy) is 2. The Balaban J connectivity index is 1.43. The van der Waals surface area contributed by atoms with Gasteiger partial charge in [0, 0.05) is 11.6 Å². The second-order valence-electron chi connectivity index (χ2n) is 6.07. The Hall–Kier alpha value is -2.78. The molecule has 8 nitrogen and oxygen atoms in total. The Kier molecular flexibility index (Phi) is 5.40. The largest absolute Gasteiger partial charge is 0.497 e. The maximum Gasteiger partial charge on any atom is 0.218 e. The van der Waals surface area contributed by atoms with Crippen LogP contribution in [0, 0.1) is 0 Å². The lowest BCUT2D eigenvalue weighted by Crippen LogP contribution is -2.34. The van der Waals surface area contributed by atoms with Gasteiger partial charge in [0.15, 0.2) is 0 Å². The van der Waals surface area contributed by atoms with Crippen LogP contribution in [0.3, 0.4) is 0 Å². The van der Waals surface area contributed by atoms with Crippen molar-refractivity contribution in [3.05, 3.63) is 36.7 Å². The minimum absolute atomic E-state index is 0.192. The number of hydrogen-bond acceptors (Lipinski definition) is 9. The molecule has 140 valence electrons. The van der Waals surface area contributed by atoms with Crippen LogP contribution in [-0.4, -0.2) is 46.5 Å².